The van der Waals surface area contributed by atoms with Crippen molar-refractivity contribution in [2.24, 2.45) is 0 Å². The van der Waals surface area contributed by atoms with E-state index in [2.05, 4.69) is 34.6 Å². The molecule has 0 aromatic heterocycles. The average Bonchev–Trinajstić information content (AvgIpc) is 3.57. The van der Waals surface area contributed by atoms with Crippen LogP contribution in [0.15, 0.2) is 0 Å². The number of unbranched alkanes of at least 4 members (excludes halogenated alkanes) is 20. The van der Waals surface area contributed by atoms with Crippen molar-refractivity contribution >= 4 is 17.9 Å². The molecule has 0 aliphatic carbocycles. The van der Waals surface area contributed by atoms with Gasteiger partial charge in [0.1, 0.15) is 12.1 Å². The zero-order valence-electron chi connectivity index (χ0n) is 38.3. The molecule has 1 aliphatic heterocycles. The Morgan fingerprint density at radius 1 is 0.554 bits per heavy atom. The first-order valence-electron chi connectivity index (χ1n) is 24.3. The Labute approximate surface area is 347 Å². The van der Waals surface area contributed by atoms with Gasteiger partial charge in [0.2, 0.25) is 0 Å². The van der Waals surface area contributed by atoms with Crippen LogP contribution in [0.1, 0.15) is 248 Å². The van der Waals surface area contributed by atoms with Gasteiger partial charge in [-0.3, -0.25) is 19.3 Å². The topological polar surface area (TPSA) is 102 Å². The maximum absolute atomic E-state index is 12.8. The fourth-order valence-corrected chi connectivity index (χ4v) is 7.08. The maximum Gasteiger partial charge on any atom is 0.323 e. The smallest absolute Gasteiger partial charge is 0.323 e. The van der Waals surface area contributed by atoms with Gasteiger partial charge in [0.05, 0.1) is 19.3 Å². The highest BCUT2D eigenvalue weighted by Crippen LogP contribution is 2.21. The number of ether oxygens (including phenoxy) is 3. The summed E-state index contributed by atoms with van der Waals surface area (Å²) in [5.41, 5.74) is 0. The van der Waals surface area contributed by atoms with Gasteiger partial charge in [0.15, 0.2) is 0 Å². The van der Waals surface area contributed by atoms with E-state index in [1.165, 1.54) is 89.9 Å². The normalized spacial score (nSPS) is 15.2. The molecule has 0 saturated carbocycles. The number of β-amino-alcohol motifs (C(OH)–C–C–N with tert-alkyl or cyclic N) is 1. The van der Waals surface area contributed by atoms with Crippen molar-refractivity contribution in [2.45, 2.75) is 266 Å². The number of aliphatic hydroxyl groups excluding tert-OH is 1. The first-order chi connectivity index (χ1) is 27.3. The van der Waals surface area contributed by atoms with Crippen molar-refractivity contribution in [2.75, 3.05) is 26.3 Å². The van der Waals surface area contributed by atoms with Gasteiger partial charge >= 0.3 is 17.9 Å². The van der Waals surface area contributed by atoms with Gasteiger partial charge < -0.3 is 19.3 Å². The van der Waals surface area contributed by atoms with Gasteiger partial charge in [-0.1, -0.05) is 170 Å². The number of hydrogen-bond donors (Lipinski definition) is 1. The molecule has 2 atom stereocenters. The average molecular weight is 798 g/mol. The molecular weight excluding hydrogens is 703 g/mol. The second kappa shape index (κ2) is 44.4. The van der Waals surface area contributed by atoms with Crippen molar-refractivity contribution < 1.29 is 33.7 Å². The summed E-state index contributed by atoms with van der Waals surface area (Å²) in [5, 5.41) is 10.2. The van der Waals surface area contributed by atoms with E-state index in [0.717, 1.165) is 89.9 Å². The monoisotopic (exact) mass is 798 g/mol. The van der Waals surface area contributed by atoms with Crippen molar-refractivity contribution in [3.05, 3.63) is 0 Å². The second-order valence-electron chi connectivity index (χ2n) is 16.0. The van der Waals surface area contributed by atoms with E-state index in [1.807, 2.05) is 18.7 Å². The number of esters is 3. The second-order valence-corrected chi connectivity index (χ2v) is 16.0. The summed E-state index contributed by atoms with van der Waals surface area (Å²) >= 11 is 0. The van der Waals surface area contributed by atoms with Crippen molar-refractivity contribution in [1.82, 2.24) is 4.90 Å². The molecule has 0 amide bonds. The quantitative estimate of drug-likeness (QED) is 0.0380. The lowest BCUT2D eigenvalue weighted by Gasteiger charge is -2.22. The molecule has 0 aromatic rings. The number of carbonyl (C=O) groups is 3. The highest BCUT2D eigenvalue weighted by Gasteiger charge is 2.36. The minimum atomic E-state index is -0.511. The first kappa shape index (κ1) is 56.4. The molecule has 1 N–H and O–H groups in total. The molecule has 0 radical (unpaired) electrons. The highest BCUT2D eigenvalue weighted by atomic mass is 16.5. The summed E-state index contributed by atoms with van der Waals surface area (Å²) in [6.45, 7) is 17.0. The van der Waals surface area contributed by atoms with Gasteiger partial charge in [0, 0.05) is 25.8 Å². The van der Waals surface area contributed by atoms with Crippen LogP contribution in [0.2, 0.25) is 0 Å². The molecule has 0 aromatic carbocycles. The molecule has 1 heterocycles. The Balaban J connectivity index is 0. The summed E-state index contributed by atoms with van der Waals surface area (Å²) in [7, 11) is 0. The minimum absolute atomic E-state index is 0.0506. The molecule has 0 spiro atoms. The summed E-state index contributed by atoms with van der Waals surface area (Å²) in [4.78, 5) is 39.5. The third-order valence-corrected chi connectivity index (χ3v) is 10.3. The van der Waals surface area contributed by atoms with Crippen LogP contribution >= 0.6 is 0 Å². The molecule has 2 unspecified atom stereocenters. The number of likely N-dealkylation sites (tertiary alicyclic amines) is 1. The lowest BCUT2D eigenvalue weighted by atomic mass is 10.0. The summed E-state index contributed by atoms with van der Waals surface area (Å²) in [6.07, 6.45) is 32.1. The summed E-state index contributed by atoms with van der Waals surface area (Å²) in [6, 6.07) is -0.394. The number of nitrogens with zero attached hydrogens (tertiary/aromatic N) is 1. The molecule has 8 heteroatoms. The molecule has 1 rings (SSSR count). The maximum atomic E-state index is 12.8. The van der Waals surface area contributed by atoms with E-state index >= 15 is 0 Å². The molecule has 1 aliphatic rings. The first-order valence-corrected chi connectivity index (χ1v) is 24.3. The third-order valence-electron chi connectivity index (χ3n) is 10.3. The Morgan fingerprint density at radius 2 is 0.964 bits per heavy atom. The predicted molar refractivity (Wildman–Crippen MR) is 236 cm³/mol. The van der Waals surface area contributed by atoms with Crippen molar-refractivity contribution in [3.8, 4) is 0 Å². The SMILES string of the molecule is CC.CCC.CCCCCCCCCCCOC(=O)CCCCCN1CC(O)CC1C(=O)OCCCCCCCC(=O)OC(CCCCCC)CCCCCC. The standard InChI is InChI=1S/C43H81NO7.C3H8.C2H6/c1-4-7-10-13-14-15-16-19-27-34-49-41(46)31-25-21-26-33-44-37-38(45)36-40(44)43(48)50-35-28-20-17-18-24-32-42(47)51-39(29-22-11-8-5-2)30-23-12-9-6-3;1-3-2;1-2/h38-40,45H,4-37H2,1-3H3;3H2,1-2H3;1-2H3. The number of aliphatic hydroxyl groups is 1. The van der Waals surface area contributed by atoms with E-state index < -0.39 is 12.1 Å². The molecule has 56 heavy (non-hydrogen) atoms. The van der Waals surface area contributed by atoms with E-state index in [4.69, 9.17) is 14.2 Å². The molecule has 1 fully saturated rings. The molecular formula is C48H95NO7. The van der Waals surface area contributed by atoms with Gasteiger partial charge in [-0.05, 0) is 64.3 Å². The van der Waals surface area contributed by atoms with Crippen LogP contribution in [0.5, 0.6) is 0 Å². The Kier molecular flexibility index (Phi) is 44.8. The highest BCUT2D eigenvalue weighted by molar-refractivity contribution is 5.76. The zero-order valence-corrected chi connectivity index (χ0v) is 38.3. The Bertz CT molecular complexity index is 841. The molecule has 8 nitrogen and oxygen atoms in total. The lowest BCUT2D eigenvalue weighted by molar-refractivity contribution is -0.150. The molecule has 0 bridgehead atoms. The van der Waals surface area contributed by atoms with E-state index in [9.17, 15) is 19.5 Å². The number of carbonyl (C=O) groups excluding carboxylic acids is 3. The summed E-state index contributed by atoms with van der Waals surface area (Å²) < 4.78 is 16.9. The van der Waals surface area contributed by atoms with Crippen LogP contribution in [0.4, 0.5) is 0 Å². The van der Waals surface area contributed by atoms with Crippen LogP contribution in [-0.2, 0) is 28.6 Å². The molecule has 1 saturated heterocycles. The predicted octanol–water partition coefficient (Wildman–Crippen LogP) is 13.2. The van der Waals surface area contributed by atoms with Crippen LogP contribution in [-0.4, -0.2) is 72.5 Å². The summed E-state index contributed by atoms with van der Waals surface area (Å²) in [5.74, 6) is -0.404. The van der Waals surface area contributed by atoms with Crippen LogP contribution in [0.3, 0.4) is 0 Å². The number of rotatable bonds is 36. The van der Waals surface area contributed by atoms with Gasteiger partial charge in [-0.25, -0.2) is 0 Å². The fourth-order valence-electron chi connectivity index (χ4n) is 7.08. The van der Waals surface area contributed by atoms with E-state index in [1.54, 1.807) is 0 Å². The Hall–Kier alpha value is -1.67. The van der Waals surface area contributed by atoms with Crippen LogP contribution in [0, 0.1) is 0 Å². The fraction of sp³-hybridized carbons (Fsp3) is 0.938. The third kappa shape index (κ3) is 36.7. The Morgan fingerprint density at radius 3 is 1.48 bits per heavy atom. The van der Waals surface area contributed by atoms with Crippen LogP contribution < -0.4 is 0 Å². The van der Waals surface area contributed by atoms with Crippen molar-refractivity contribution in [1.29, 1.82) is 0 Å². The zero-order chi connectivity index (χ0) is 41.9. The van der Waals surface area contributed by atoms with Gasteiger partial charge in [-0.2, -0.15) is 0 Å². The lowest BCUT2D eigenvalue weighted by Crippen LogP contribution is -2.38. The minimum Gasteiger partial charge on any atom is -0.466 e. The van der Waals surface area contributed by atoms with Crippen LogP contribution in [0.25, 0.3) is 0 Å². The van der Waals surface area contributed by atoms with E-state index in [-0.39, 0.29) is 24.0 Å². The van der Waals surface area contributed by atoms with Crippen molar-refractivity contribution in [3.63, 3.8) is 0 Å². The van der Waals surface area contributed by atoms with Gasteiger partial charge in [-0.15, -0.1) is 0 Å². The number of hydrogen-bond acceptors (Lipinski definition) is 8. The van der Waals surface area contributed by atoms with Gasteiger partial charge in [0.25, 0.3) is 0 Å². The van der Waals surface area contributed by atoms with E-state index in [0.29, 0.717) is 45.6 Å². The molecule has 334 valence electrons. The largest absolute Gasteiger partial charge is 0.466 e.